The van der Waals surface area contributed by atoms with Crippen molar-refractivity contribution in [3.05, 3.63) is 34.9 Å². The Hall–Kier alpha value is -1.69. The Kier molecular flexibility index (Phi) is 3.99. The van der Waals surface area contributed by atoms with Crippen LogP contribution in [0.25, 0.3) is 0 Å². The summed E-state index contributed by atoms with van der Waals surface area (Å²) in [5, 5.41) is 11.6. The molecule has 1 atom stereocenters. The Morgan fingerprint density at radius 2 is 2.05 bits per heavy atom. The first kappa shape index (κ1) is 13.7. The van der Waals surface area contributed by atoms with Gasteiger partial charge in [-0.2, -0.15) is 0 Å². The van der Waals surface area contributed by atoms with Crippen LogP contribution in [-0.2, 0) is 7.05 Å². The zero-order chi connectivity index (χ0) is 14.0. The van der Waals surface area contributed by atoms with Gasteiger partial charge in [0.25, 0.3) is 0 Å². The zero-order valence-corrected chi connectivity index (χ0v) is 12.2. The molecule has 100 valence electrons. The molecule has 0 aliphatic heterocycles. The third-order valence-electron chi connectivity index (χ3n) is 3.02. The van der Waals surface area contributed by atoms with Gasteiger partial charge in [0.15, 0.2) is 5.78 Å². The van der Waals surface area contributed by atoms with Crippen molar-refractivity contribution in [1.82, 2.24) is 20.2 Å². The van der Waals surface area contributed by atoms with Crippen molar-refractivity contribution in [3.63, 3.8) is 0 Å². The van der Waals surface area contributed by atoms with E-state index in [9.17, 15) is 4.79 Å². The van der Waals surface area contributed by atoms with Crippen LogP contribution >= 0.6 is 11.8 Å². The summed E-state index contributed by atoms with van der Waals surface area (Å²) < 4.78 is 1.56. The van der Waals surface area contributed by atoms with E-state index >= 15 is 0 Å². The van der Waals surface area contributed by atoms with E-state index in [4.69, 9.17) is 0 Å². The molecule has 2 rings (SSSR count). The van der Waals surface area contributed by atoms with Crippen LogP contribution in [0.5, 0.6) is 0 Å². The molecule has 0 aliphatic carbocycles. The molecule has 1 heterocycles. The van der Waals surface area contributed by atoms with Crippen molar-refractivity contribution >= 4 is 17.5 Å². The van der Waals surface area contributed by atoms with Crippen molar-refractivity contribution < 1.29 is 4.79 Å². The number of hydrogen-bond acceptors (Lipinski definition) is 5. The number of tetrazole rings is 1. The number of carbonyl (C=O) groups is 1. The SMILES string of the molecule is Cc1ccc(C(=O)[C@@H](C)Sc2nnnn2C)cc1C. The molecule has 0 spiro atoms. The smallest absolute Gasteiger partial charge is 0.209 e. The van der Waals surface area contributed by atoms with Gasteiger partial charge < -0.3 is 0 Å². The Morgan fingerprint density at radius 1 is 1.32 bits per heavy atom. The highest BCUT2D eigenvalue weighted by atomic mass is 32.2. The highest BCUT2D eigenvalue weighted by Gasteiger charge is 2.19. The number of ketones is 1. The second-order valence-electron chi connectivity index (χ2n) is 4.51. The molecule has 0 aliphatic rings. The van der Waals surface area contributed by atoms with Crippen molar-refractivity contribution in [2.75, 3.05) is 0 Å². The maximum Gasteiger partial charge on any atom is 0.209 e. The van der Waals surface area contributed by atoms with Crippen molar-refractivity contribution in [1.29, 1.82) is 0 Å². The first-order valence-corrected chi connectivity index (χ1v) is 6.87. The second kappa shape index (κ2) is 5.52. The molecular weight excluding hydrogens is 260 g/mol. The fraction of sp³-hybridized carbons (Fsp3) is 0.385. The minimum Gasteiger partial charge on any atom is -0.293 e. The summed E-state index contributed by atoms with van der Waals surface area (Å²) in [7, 11) is 1.76. The predicted molar refractivity (Wildman–Crippen MR) is 74.4 cm³/mol. The Balaban J connectivity index is 2.15. The van der Waals surface area contributed by atoms with Gasteiger partial charge in [0.1, 0.15) is 0 Å². The summed E-state index contributed by atoms with van der Waals surface area (Å²) in [6.07, 6.45) is 0. The highest BCUT2D eigenvalue weighted by Crippen LogP contribution is 2.23. The molecule has 0 fully saturated rings. The minimum absolute atomic E-state index is 0.0936. The van der Waals surface area contributed by atoms with Gasteiger partial charge >= 0.3 is 0 Å². The number of Topliss-reactive ketones (excluding diaryl/α,β-unsaturated/α-hetero) is 1. The summed E-state index contributed by atoms with van der Waals surface area (Å²) in [6, 6.07) is 5.78. The van der Waals surface area contributed by atoms with Gasteiger partial charge in [0.2, 0.25) is 5.16 Å². The third kappa shape index (κ3) is 3.01. The summed E-state index contributed by atoms with van der Waals surface area (Å²) >= 11 is 1.37. The molecular formula is C13H16N4OS. The topological polar surface area (TPSA) is 60.7 Å². The van der Waals surface area contributed by atoms with E-state index in [1.807, 2.05) is 39.0 Å². The van der Waals surface area contributed by atoms with E-state index < -0.39 is 0 Å². The normalized spacial score (nSPS) is 12.4. The Labute approximate surface area is 116 Å². The molecule has 0 unspecified atom stereocenters. The monoisotopic (exact) mass is 276 g/mol. The maximum atomic E-state index is 12.3. The Morgan fingerprint density at radius 3 is 2.63 bits per heavy atom. The van der Waals surface area contributed by atoms with Crippen LogP contribution in [0.3, 0.4) is 0 Å². The minimum atomic E-state index is -0.216. The van der Waals surface area contributed by atoms with E-state index in [-0.39, 0.29) is 11.0 Å². The van der Waals surface area contributed by atoms with Gasteiger partial charge in [0.05, 0.1) is 5.25 Å². The zero-order valence-electron chi connectivity index (χ0n) is 11.4. The van der Waals surface area contributed by atoms with Gasteiger partial charge in [-0.25, -0.2) is 4.68 Å². The van der Waals surface area contributed by atoms with Crippen molar-refractivity contribution in [2.45, 2.75) is 31.2 Å². The molecule has 0 radical (unpaired) electrons. The summed E-state index contributed by atoms with van der Waals surface area (Å²) in [5.41, 5.74) is 3.05. The molecule has 0 N–H and O–H groups in total. The summed E-state index contributed by atoms with van der Waals surface area (Å²) in [6.45, 7) is 5.92. The largest absolute Gasteiger partial charge is 0.293 e. The van der Waals surface area contributed by atoms with Crippen LogP contribution in [0.4, 0.5) is 0 Å². The Bertz CT molecular complexity index is 608. The third-order valence-corrected chi connectivity index (χ3v) is 4.15. The molecule has 0 saturated carbocycles. The van der Waals surface area contributed by atoms with Crippen LogP contribution in [0, 0.1) is 13.8 Å². The summed E-state index contributed by atoms with van der Waals surface area (Å²) in [5.74, 6) is 0.0936. The van der Waals surface area contributed by atoms with Crippen LogP contribution in [0.2, 0.25) is 0 Å². The number of aromatic nitrogens is 4. The fourth-order valence-corrected chi connectivity index (χ4v) is 2.49. The number of benzene rings is 1. The molecule has 19 heavy (non-hydrogen) atoms. The van der Waals surface area contributed by atoms with E-state index in [1.54, 1.807) is 11.7 Å². The van der Waals surface area contributed by atoms with E-state index in [2.05, 4.69) is 15.5 Å². The number of thioether (sulfide) groups is 1. The maximum absolute atomic E-state index is 12.3. The lowest BCUT2D eigenvalue weighted by atomic mass is 10.0. The molecule has 0 amide bonds. The first-order valence-electron chi connectivity index (χ1n) is 5.99. The second-order valence-corrected chi connectivity index (χ2v) is 5.82. The van der Waals surface area contributed by atoms with Gasteiger partial charge in [-0.15, -0.1) is 5.10 Å². The summed E-state index contributed by atoms with van der Waals surface area (Å²) in [4.78, 5) is 12.3. The van der Waals surface area contributed by atoms with Crippen LogP contribution < -0.4 is 0 Å². The first-order chi connectivity index (χ1) is 8.99. The van der Waals surface area contributed by atoms with Gasteiger partial charge in [-0.1, -0.05) is 23.9 Å². The molecule has 1 aromatic heterocycles. The van der Waals surface area contributed by atoms with E-state index in [0.29, 0.717) is 5.16 Å². The number of hydrogen-bond donors (Lipinski definition) is 0. The molecule has 2 aromatic rings. The molecule has 1 aromatic carbocycles. The number of carbonyl (C=O) groups excluding carboxylic acids is 1. The average Bonchev–Trinajstić information content (AvgIpc) is 2.77. The highest BCUT2D eigenvalue weighted by molar-refractivity contribution is 8.00. The standard InChI is InChI=1S/C13H16N4OS/c1-8-5-6-11(7-9(8)2)12(18)10(3)19-13-14-15-16-17(13)4/h5-7,10H,1-4H3/t10-/m1/s1. The van der Waals surface area contributed by atoms with Crippen molar-refractivity contribution in [2.24, 2.45) is 7.05 Å². The van der Waals surface area contributed by atoms with Crippen LogP contribution in [0.1, 0.15) is 28.4 Å². The fourth-order valence-electron chi connectivity index (χ4n) is 1.66. The molecule has 0 bridgehead atoms. The van der Waals surface area contributed by atoms with Crippen molar-refractivity contribution in [3.8, 4) is 0 Å². The lowest BCUT2D eigenvalue weighted by Gasteiger charge is -2.10. The average molecular weight is 276 g/mol. The van der Waals surface area contributed by atoms with Gasteiger partial charge in [-0.05, 0) is 48.4 Å². The van der Waals surface area contributed by atoms with Gasteiger partial charge in [0, 0.05) is 12.6 Å². The van der Waals surface area contributed by atoms with Crippen LogP contribution in [-0.4, -0.2) is 31.2 Å². The van der Waals surface area contributed by atoms with Crippen LogP contribution in [0.15, 0.2) is 23.4 Å². The quantitative estimate of drug-likeness (QED) is 0.633. The number of nitrogens with zero attached hydrogens (tertiary/aromatic N) is 4. The number of rotatable bonds is 4. The van der Waals surface area contributed by atoms with E-state index in [1.165, 1.54) is 17.3 Å². The molecule has 0 saturated heterocycles. The molecule has 6 heteroatoms. The van der Waals surface area contributed by atoms with Gasteiger partial charge in [-0.3, -0.25) is 4.79 Å². The number of aryl methyl sites for hydroxylation is 3. The molecule has 5 nitrogen and oxygen atoms in total. The lowest BCUT2D eigenvalue weighted by Crippen LogP contribution is -2.14. The van der Waals surface area contributed by atoms with E-state index in [0.717, 1.165) is 11.1 Å². The lowest BCUT2D eigenvalue weighted by molar-refractivity contribution is 0.0993. The predicted octanol–water partition coefficient (Wildman–Crippen LogP) is 2.19.